The van der Waals surface area contributed by atoms with Crippen molar-refractivity contribution in [3.8, 4) is 5.75 Å². The maximum absolute atomic E-state index is 12.7. The van der Waals surface area contributed by atoms with Crippen LogP contribution >= 0.6 is 0 Å². The molecule has 0 saturated heterocycles. The van der Waals surface area contributed by atoms with Crippen LogP contribution in [0.1, 0.15) is 35.7 Å². The standard InChI is InChI=1S/C18H24N2O5S/c1-12(2)19-26(22,23)17-10-14(7-9-16(17)24-5)18(21)20(4)11-15-8-6-13(3)25-15/h6-10,12,19H,11H2,1-5H3. The summed E-state index contributed by atoms with van der Waals surface area (Å²) in [7, 11) is -0.788. The van der Waals surface area contributed by atoms with E-state index in [9.17, 15) is 13.2 Å². The maximum atomic E-state index is 12.7. The minimum absolute atomic E-state index is 0.0678. The van der Waals surface area contributed by atoms with Gasteiger partial charge in [0.1, 0.15) is 22.2 Å². The number of benzene rings is 1. The lowest BCUT2D eigenvalue weighted by Crippen LogP contribution is -2.31. The summed E-state index contributed by atoms with van der Waals surface area (Å²) >= 11 is 0. The van der Waals surface area contributed by atoms with E-state index in [1.165, 1.54) is 24.1 Å². The summed E-state index contributed by atoms with van der Waals surface area (Å²) in [6, 6.07) is 7.69. The SMILES string of the molecule is COc1ccc(C(=O)N(C)Cc2ccc(C)o2)cc1S(=O)(=O)NC(C)C. The molecule has 0 aliphatic rings. The lowest BCUT2D eigenvalue weighted by Gasteiger charge is -2.18. The molecule has 7 nitrogen and oxygen atoms in total. The molecule has 0 fully saturated rings. The van der Waals surface area contributed by atoms with Crippen LogP contribution in [-0.2, 0) is 16.6 Å². The van der Waals surface area contributed by atoms with Gasteiger partial charge >= 0.3 is 0 Å². The monoisotopic (exact) mass is 380 g/mol. The van der Waals surface area contributed by atoms with Gasteiger partial charge in [-0.1, -0.05) is 0 Å². The van der Waals surface area contributed by atoms with Crippen molar-refractivity contribution in [2.24, 2.45) is 0 Å². The van der Waals surface area contributed by atoms with Crippen LogP contribution in [0.5, 0.6) is 5.75 Å². The van der Waals surface area contributed by atoms with Crippen LogP contribution in [0.3, 0.4) is 0 Å². The van der Waals surface area contributed by atoms with Gasteiger partial charge in [0.2, 0.25) is 10.0 Å². The van der Waals surface area contributed by atoms with Gasteiger partial charge in [0, 0.05) is 18.7 Å². The van der Waals surface area contributed by atoms with Gasteiger partial charge in [-0.3, -0.25) is 4.79 Å². The van der Waals surface area contributed by atoms with E-state index < -0.39 is 10.0 Å². The topological polar surface area (TPSA) is 88.8 Å². The highest BCUT2D eigenvalue weighted by Gasteiger charge is 2.23. The van der Waals surface area contributed by atoms with Crippen LogP contribution < -0.4 is 9.46 Å². The zero-order chi connectivity index (χ0) is 19.5. The van der Waals surface area contributed by atoms with Gasteiger partial charge in [-0.05, 0) is 51.1 Å². The second kappa shape index (κ2) is 7.92. The fourth-order valence-corrected chi connectivity index (χ4v) is 3.94. The highest BCUT2D eigenvalue weighted by Crippen LogP contribution is 2.26. The smallest absolute Gasteiger partial charge is 0.254 e. The molecule has 0 radical (unpaired) electrons. The van der Waals surface area contributed by atoms with Gasteiger partial charge in [0.05, 0.1) is 13.7 Å². The number of furan rings is 1. The number of aryl methyl sites for hydroxylation is 1. The Morgan fingerprint density at radius 1 is 1.27 bits per heavy atom. The van der Waals surface area contributed by atoms with E-state index in [2.05, 4.69) is 4.72 Å². The Bertz CT molecular complexity index is 887. The van der Waals surface area contributed by atoms with E-state index in [0.29, 0.717) is 5.76 Å². The van der Waals surface area contributed by atoms with E-state index in [1.54, 1.807) is 33.0 Å². The number of rotatable bonds is 7. The number of hydrogen-bond acceptors (Lipinski definition) is 5. The molecule has 0 aliphatic carbocycles. The van der Waals surface area contributed by atoms with E-state index in [4.69, 9.17) is 9.15 Å². The number of ether oxygens (including phenoxy) is 1. The quantitative estimate of drug-likeness (QED) is 0.797. The molecule has 0 aliphatic heterocycles. The maximum Gasteiger partial charge on any atom is 0.254 e. The van der Waals surface area contributed by atoms with Crippen LogP contribution in [0.15, 0.2) is 39.6 Å². The summed E-state index contributed by atoms with van der Waals surface area (Å²) in [4.78, 5) is 14.1. The van der Waals surface area contributed by atoms with Gasteiger partial charge in [0.15, 0.2) is 0 Å². The van der Waals surface area contributed by atoms with Gasteiger partial charge in [0.25, 0.3) is 5.91 Å². The summed E-state index contributed by atoms with van der Waals surface area (Å²) in [6.07, 6.45) is 0. The molecule has 0 saturated carbocycles. The Labute approximate surface area is 154 Å². The normalized spacial score (nSPS) is 11.6. The summed E-state index contributed by atoms with van der Waals surface area (Å²) in [5.74, 6) is 1.28. The highest BCUT2D eigenvalue weighted by atomic mass is 32.2. The van der Waals surface area contributed by atoms with Crippen molar-refractivity contribution in [2.75, 3.05) is 14.2 Å². The molecule has 1 amide bonds. The molecule has 142 valence electrons. The molecular formula is C18H24N2O5S. The van der Waals surface area contributed by atoms with Crippen LogP contribution in [0, 0.1) is 6.92 Å². The fraction of sp³-hybridized carbons (Fsp3) is 0.389. The molecule has 0 atom stereocenters. The largest absolute Gasteiger partial charge is 0.495 e. The third kappa shape index (κ3) is 4.64. The first kappa shape index (κ1) is 20.0. The van der Waals surface area contributed by atoms with Crippen molar-refractivity contribution >= 4 is 15.9 Å². The van der Waals surface area contributed by atoms with Crippen LogP contribution in [0.2, 0.25) is 0 Å². The lowest BCUT2D eigenvalue weighted by atomic mass is 10.2. The van der Waals surface area contributed by atoms with Crippen molar-refractivity contribution < 1.29 is 22.4 Å². The average molecular weight is 380 g/mol. The molecular weight excluding hydrogens is 356 g/mol. The number of nitrogens with zero attached hydrogens (tertiary/aromatic N) is 1. The predicted molar refractivity (Wildman–Crippen MR) is 97.7 cm³/mol. The van der Waals surface area contributed by atoms with Crippen molar-refractivity contribution in [2.45, 2.75) is 38.3 Å². The Hall–Kier alpha value is -2.32. The Balaban J connectivity index is 2.32. The third-order valence-electron chi connectivity index (χ3n) is 3.63. The zero-order valence-electron chi connectivity index (χ0n) is 15.6. The first-order valence-corrected chi connectivity index (χ1v) is 9.63. The van der Waals surface area contributed by atoms with Gasteiger partial charge < -0.3 is 14.1 Å². The molecule has 1 N–H and O–H groups in total. The number of hydrogen-bond donors (Lipinski definition) is 1. The molecule has 1 aromatic carbocycles. The van der Waals surface area contributed by atoms with Crippen molar-refractivity contribution in [3.05, 3.63) is 47.4 Å². The molecule has 1 aromatic heterocycles. The van der Waals surface area contributed by atoms with E-state index in [1.807, 2.05) is 13.0 Å². The number of methoxy groups -OCH3 is 1. The molecule has 0 unspecified atom stereocenters. The summed E-state index contributed by atoms with van der Waals surface area (Å²) in [5.41, 5.74) is 0.251. The first-order chi connectivity index (χ1) is 12.1. The molecule has 2 aromatic rings. The lowest BCUT2D eigenvalue weighted by molar-refractivity contribution is 0.0774. The third-order valence-corrected chi connectivity index (χ3v) is 5.31. The number of carbonyl (C=O) groups excluding carboxylic acids is 1. The Morgan fingerprint density at radius 2 is 1.96 bits per heavy atom. The van der Waals surface area contributed by atoms with Gasteiger partial charge in [-0.15, -0.1) is 0 Å². The van der Waals surface area contributed by atoms with Crippen molar-refractivity contribution in [1.29, 1.82) is 0 Å². The molecule has 0 bridgehead atoms. The fourth-order valence-electron chi connectivity index (χ4n) is 2.49. The molecule has 2 rings (SSSR count). The number of nitrogens with one attached hydrogen (secondary N) is 1. The second-order valence-corrected chi connectivity index (χ2v) is 8.00. The van der Waals surface area contributed by atoms with E-state index in [0.717, 1.165) is 5.76 Å². The van der Waals surface area contributed by atoms with Crippen LogP contribution in [0.25, 0.3) is 0 Å². The predicted octanol–water partition coefficient (Wildman–Crippen LogP) is 2.56. The van der Waals surface area contributed by atoms with Gasteiger partial charge in [-0.2, -0.15) is 0 Å². The Morgan fingerprint density at radius 3 is 2.50 bits per heavy atom. The minimum atomic E-state index is -3.80. The molecule has 0 spiro atoms. The average Bonchev–Trinajstić information content (AvgIpc) is 2.97. The Kier molecular flexibility index (Phi) is 6.09. The number of sulfonamides is 1. The van der Waals surface area contributed by atoms with E-state index >= 15 is 0 Å². The van der Waals surface area contributed by atoms with Gasteiger partial charge in [-0.25, -0.2) is 13.1 Å². The minimum Gasteiger partial charge on any atom is -0.495 e. The summed E-state index contributed by atoms with van der Waals surface area (Å²) in [5, 5.41) is 0. The van der Waals surface area contributed by atoms with E-state index in [-0.39, 0.29) is 34.7 Å². The summed E-state index contributed by atoms with van der Waals surface area (Å²) < 4.78 is 38.2. The van der Waals surface area contributed by atoms with Crippen molar-refractivity contribution in [1.82, 2.24) is 9.62 Å². The zero-order valence-corrected chi connectivity index (χ0v) is 16.4. The molecule has 8 heteroatoms. The van der Waals surface area contributed by atoms with Crippen molar-refractivity contribution in [3.63, 3.8) is 0 Å². The molecule has 26 heavy (non-hydrogen) atoms. The number of amides is 1. The van der Waals surface area contributed by atoms with Crippen LogP contribution in [-0.4, -0.2) is 39.4 Å². The molecule has 1 heterocycles. The first-order valence-electron chi connectivity index (χ1n) is 8.15. The summed E-state index contributed by atoms with van der Waals surface area (Å²) in [6.45, 7) is 5.55. The number of carbonyl (C=O) groups is 1. The highest BCUT2D eigenvalue weighted by molar-refractivity contribution is 7.89. The van der Waals surface area contributed by atoms with Crippen LogP contribution in [0.4, 0.5) is 0 Å². The second-order valence-electron chi connectivity index (χ2n) is 6.32.